The number of aromatic nitrogens is 2. The van der Waals surface area contributed by atoms with E-state index in [1.807, 2.05) is 18.2 Å². The summed E-state index contributed by atoms with van der Waals surface area (Å²) in [7, 11) is 2.17. The Balaban J connectivity index is 1.57. The molecule has 6 nitrogen and oxygen atoms in total. The number of carbonyl (C=O) groups is 1. The van der Waals surface area contributed by atoms with E-state index in [1.165, 1.54) is 0 Å². The number of fused-ring (bicyclic) bond motifs is 1. The number of carbonyl (C=O) groups excluding carboxylic acids is 1. The van der Waals surface area contributed by atoms with Gasteiger partial charge in [-0.2, -0.15) is 0 Å². The predicted molar refractivity (Wildman–Crippen MR) is 122 cm³/mol. The van der Waals surface area contributed by atoms with Gasteiger partial charge in [-0.25, -0.2) is 4.98 Å². The highest BCUT2D eigenvalue weighted by Crippen LogP contribution is 2.25. The van der Waals surface area contributed by atoms with E-state index in [1.54, 1.807) is 24.3 Å². The number of rotatable bonds is 5. The average Bonchev–Trinajstić information content (AvgIpc) is 3.07. The van der Waals surface area contributed by atoms with Crippen molar-refractivity contribution < 1.29 is 4.79 Å². The number of hydrogen-bond acceptors (Lipinski definition) is 4. The summed E-state index contributed by atoms with van der Waals surface area (Å²) in [6.45, 7) is 9.49. The van der Waals surface area contributed by atoms with Crippen molar-refractivity contribution in [1.29, 1.82) is 0 Å². The molecule has 0 unspecified atom stereocenters. The number of amides is 1. The first kappa shape index (κ1) is 20.8. The molecule has 1 saturated heterocycles. The molecule has 0 radical (unpaired) electrons. The van der Waals surface area contributed by atoms with Crippen molar-refractivity contribution in [1.82, 2.24) is 19.4 Å². The first-order valence-electron chi connectivity index (χ1n) is 10.4. The van der Waals surface area contributed by atoms with Crippen LogP contribution < -0.4 is 5.32 Å². The van der Waals surface area contributed by atoms with Crippen LogP contribution in [-0.4, -0.2) is 58.5 Å². The van der Waals surface area contributed by atoms with Crippen molar-refractivity contribution >= 4 is 34.2 Å². The zero-order chi connectivity index (χ0) is 21.3. The molecule has 0 spiro atoms. The molecule has 158 valence electrons. The van der Waals surface area contributed by atoms with E-state index in [4.69, 9.17) is 16.6 Å². The summed E-state index contributed by atoms with van der Waals surface area (Å²) in [4.78, 5) is 22.3. The molecule has 2 heterocycles. The van der Waals surface area contributed by atoms with Crippen molar-refractivity contribution in [2.24, 2.45) is 0 Å². The molecule has 4 rings (SSSR count). The maximum Gasteiger partial charge on any atom is 0.255 e. The summed E-state index contributed by atoms with van der Waals surface area (Å²) in [5, 5.41) is 3.58. The average molecular weight is 426 g/mol. The van der Waals surface area contributed by atoms with Crippen molar-refractivity contribution in [2.45, 2.75) is 26.4 Å². The van der Waals surface area contributed by atoms with Gasteiger partial charge in [-0.15, -0.1) is 0 Å². The monoisotopic (exact) mass is 425 g/mol. The molecular formula is C23H28ClN5O. The van der Waals surface area contributed by atoms with Gasteiger partial charge in [0.25, 0.3) is 5.91 Å². The SMILES string of the molecule is CC(C)n1c(CN2CCN(C)CC2)nc2cc(NC(=O)c3ccc(Cl)cc3)ccc21. The molecule has 0 saturated carbocycles. The Morgan fingerprint density at radius 1 is 1.10 bits per heavy atom. The minimum absolute atomic E-state index is 0.160. The molecule has 1 fully saturated rings. The molecule has 0 atom stereocenters. The molecule has 7 heteroatoms. The third-order valence-corrected chi connectivity index (χ3v) is 5.86. The minimum Gasteiger partial charge on any atom is -0.324 e. The van der Waals surface area contributed by atoms with Crippen LogP contribution in [0.3, 0.4) is 0 Å². The largest absolute Gasteiger partial charge is 0.324 e. The van der Waals surface area contributed by atoms with Crippen LogP contribution in [-0.2, 0) is 6.54 Å². The molecule has 2 aromatic carbocycles. The molecule has 1 aliphatic rings. The Bertz CT molecular complexity index is 1040. The maximum atomic E-state index is 12.5. The van der Waals surface area contributed by atoms with Crippen LogP contribution in [0.1, 0.15) is 36.1 Å². The standard InChI is InChI=1S/C23H28ClN5O/c1-16(2)29-21-9-8-19(25-23(30)17-4-6-18(24)7-5-17)14-20(21)26-22(29)15-28-12-10-27(3)11-13-28/h4-9,14,16H,10-13,15H2,1-3H3,(H,25,30). The fraction of sp³-hybridized carbons (Fsp3) is 0.391. The normalized spacial score (nSPS) is 15.8. The van der Waals surface area contributed by atoms with E-state index in [-0.39, 0.29) is 5.91 Å². The Morgan fingerprint density at radius 3 is 2.47 bits per heavy atom. The summed E-state index contributed by atoms with van der Waals surface area (Å²) in [5.41, 5.74) is 3.31. The molecule has 0 aliphatic carbocycles. The quantitative estimate of drug-likeness (QED) is 0.663. The zero-order valence-electron chi connectivity index (χ0n) is 17.7. The van der Waals surface area contributed by atoms with Crippen LogP contribution in [0.2, 0.25) is 5.02 Å². The molecule has 1 N–H and O–H groups in total. The zero-order valence-corrected chi connectivity index (χ0v) is 18.5. The number of likely N-dealkylation sites (N-methyl/N-ethyl adjacent to an activating group) is 1. The van der Waals surface area contributed by atoms with E-state index in [0.717, 1.165) is 55.3 Å². The summed E-state index contributed by atoms with van der Waals surface area (Å²) in [6.07, 6.45) is 0. The molecule has 3 aromatic rings. The number of benzene rings is 2. The number of imidazole rings is 1. The third-order valence-electron chi connectivity index (χ3n) is 5.60. The van der Waals surface area contributed by atoms with Crippen LogP contribution >= 0.6 is 11.6 Å². The Morgan fingerprint density at radius 2 is 1.80 bits per heavy atom. The Hall–Kier alpha value is -2.41. The number of nitrogens with one attached hydrogen (secondary N) is 1. The highest BCUT2D eigenvalue weighted by Gasteiger charge is 2.19. The van der Waals surface area contributed by atoms with Gasteiger partial charge >= 0.3 is 0 Å². The van der Waals surface area contributed by atoms with Crippen molar-refractivity contribution in [3.63, 3.8) is 0 Å². The van der Waals surface area contributed by atoms with Crippen LogP contribution in [0.5, 0.6) is 0 Å². The molecular weight excluding hydrogens is 398 g/mol. The van der Waals surface area contributed by atoms with Gasteiger partial charge in [0.05, 0.1) is 17.6 Å². The second-order valence-electron chi connectivity index (χ2n) is 8.24. The highest BCUT2D eigenvalue weighted by atomic mass is 35.5. The summed E-state index contributed by atoms with van der Waals surface area (Å²) in [5.74, 6) is 0.915. The van der Waals surface area contributed by atoms with Gasteiger partial charge in [0.15, 0.2) is 0 Å². The van der Waals surface area contributed by atoms with Gasteiger partial charge in [-0.05, 0) is 63.4 Å². The van der Waals surface area contributed by atoms with E-state index >= 15 is 0 Å². The molecule has 1 amide bonds. The van der Waals surface area contributed by atoms with Gasteiger partial charge in [0, 0.05) is 48.5 Å². The topological polar surface area (TPSA) is 53.4 Å². The van der Waals surface area contributed by atoms with Gasteiger partial charge < -0.3 is 14.8 Å². The smallest absolute Gasteiger partial charge is 0.255 e. The molecule has 1 aliphatic heterocycles. The minimum atomic E-state index is -0.160. The van der Waals surface area contributed by atoms with Crippen LogP contribution in [0.15, 0.2) is 42.5 Å². The van der Waals surface area contributed by atoms with Gasteiger partial charge in [0.2, 0.25) is 0 Å². The Labute approximate surface area is 182 Å². The first-order chi connectivity index (χ1) is 14.4. The summed E-state index contributed by atoms with van der Waals surface area (Å²) < 4.78 is 2.30. The van der Waals surface area contributed by atoms with Gasteiger partial charge in [-0.3, -0.25) is 9.69 Å². The van der Waals surface area contributed by atoms with Crippen LogP contribution in [0, 0.1) is 0 Å². The predicted octanol–water partition coefficient (Wildman–Crippen LogP) is 4.27. The van der Waals surface area contributed by atoms with Crippen LogP contribution in [0.25, 0.3) is 11.0 Å². The summed E-state index contributed by atoms with van der Waals surface area (Å²) in [6, 6.07) is 13.1. The molecule has 0 bridgehead atoms. The Kier molecular flexibility index (Phi) is 6.09. The second-order valence-corrected chi connectivity index (χ2v) is 8.67. The van der Waals surface area contributed by atoms with E-state index in [2.05, 4.69) is 40.6 Å². The van der Waals surface area contributed by atoms with Crippen molar-refractivity contribution in [3.8, 4) is 0 Å². The maximum absolute atomic E-state index is 12.5. The van der Waals surface area contributed by atoms with Crippen molar-refractivity contribution in [2.75, 3.05) is 38.5 Å². The number of piperazine rings is 1. The summed E-state index contributed by atoms with van der Waals surface area (Å²) >= 11 is 5.91. The number of anilines is 1. The van der Waals surface area contributed by atoms with Gasteiger partial charge in [0.1, 0.15) is 5.82 Å². The lowest BCUT2D eigenvalue weighted by molar-refractivity contribution is 0.102. The van der Waals surface area contributed by atoms with Gasteiger partial charge in [-0.1, -0.05) is 11.6 Å². The number of nitrogens with zero attached hydrogens (tertiary/aromatic N) is 4. The fourth-order valence-electron chi connectivity index (χ4n) is 3.92. The van der Waals surface area contributed by atoms with E-state index in [9.17, 15) is 4.79 Å². The third kappa shape index (κ3) is 4.51. The number of hydrogen-bond donors (Lipinski definition) is 1. The lowest BCUT2D eigenvalue weighted by atomic mass is 10.2. The van der Waals surface area contributed by atoms with E-state index in [0.29, 0.717) is 16.6 Å². The highest BCUT2D eigenvalue weighted by molar-refractivity contribution is 6.30. The lowest BCUT2D eigenvalue weighted by Crippen LogP contribution is -2.44. The fourth-order valence-corrected chi connectivity index (χ4v) is 4.05. The second kappa shape index (κ2) is 8.76. The van der Waals surface area contributed by atoms with Crippen molar-refractivity contribution in [3.05, 3.63) is 58.9 Å². The lowest BCUT2D eigenvalue weighted by Gasteiger charge is -2.32. The first-order valence-corrected chi connectivity index (χ1v) is 10.8. The molecule has 30 heavy (non-hydrogen) atoms. The van der Waals surface area contributed by atoms with Crippen LogP contribution in [0.4, 0.5) is 5.69 Å². The molecule has 1 aromatic heterocycles. The number of halogens is 1. The van der Waals surface area contributed by atoms with E-state index < -0.39 is 0 Å².